The molecule has 1 aromatic rings. The monoisotopic (exact) mass is 455 g/mol. The van der Waals surface area contributed by atoms with Crippen LogP contribution < -0.4 is 10.6 Å². The molecule has 0 aliphatic rings. The molecule has 0 aromatic carbocycles. The van der Waals surface area contributed by atoms with E-state index in [2.05, 4.69) is 15.6 Å². The topological polar surface area (TPSA) is 107 Å². The van der Waals surface area contributed by atoms with Crippen LogP contribution in [-0.2, 0) is 14.3 Å². The van der Waals surface area contributed by atoms with Crippen molar-refractivity contribution in [1.82, 2.24) is 15.6 Å². The number of nitrogens with zero attached hydrogens (tertiary/aromatic N) is 1. The Kier molecular flexibility index (Phi) is 10.4. The summed E-state index contributed by atoms with van der Waals surface area (Å²) in [5, 5.41) is 7.97. The zero-order valence-corrected chi connectivity index (χ0v) is 20.7. The Labute approximate surface area is 189 Å². The molecule has 2 atom stereocenters. The number of amides is 2. The highest BCUT2D eigenvalue weighted by Crippen LogP contribution is 2.25. The van der Waals surface area contributed by atoms with Gasteiger partial charge in [-0.15, -0.1) is 11.3 Å². The van der Waals surface area contributed by atoms with Crippen molar-refractivity contribution >= 4 is 29.3 Å². The van der Waals surface area contributed by atoms with E-state index in [-0.39, 0.29) is 36.1 Å². The number of aromatic nitrogens is 1. The summed E-state index contributed by atoms with van der Waals surface area (Å²) in [6, 6.07) is -1.12. The third kappa shape index (κ3) is 10.1. The Hall–Kier alpha value is -2.16. The number of carbonyl (C=O) groups is 3. The Morgan fingerprint density at radius 2 is 1.68 bits per heavy atom. The standard InChI is InChI=1S/C22H37N3O5S/c1-9-29-20(27)17-12-31-19(24-17)16(11-14(4)5)23-18(26)15(10-13(2)3)25-21(28)30-22(6,7)8/h12-16H,9-11H2,1-8H3,(H,23,26)(H,25,28)/t15-,16-/m0/s1. The average Bonchev–Trinajstić information content (AvgIpc) is 3.08. The number of rotatable bonds is 10. The molecule has 0 fully saturated rings. The highest BCUT2D eigenvalue weighted by Gasteiger charge is 2.29. The van der Waals surface area contributed by atoms with Gasteiger partial charge in [0.15, 0.2) is 5.69 Å². The minimum atomic E-state index is -0.742. The van der Waals surface area contributed by atoms with Crippen molar-refractivity contribution in [3.63, 3.8) is 0 Å². The summed E-state index contributed by atoms with van der Waals surface area (Å²) < 4.78 is 10.3. The van der Waals surface area contributed by atoms with Crippen molar-refractivity contribution in [2.45, 2.75) is 85.9 Å². The van der Waals surface area contributed by atoms with E-state index in [1.165, 1.54) is 11.3 Å². The molecule has 0 aliphatic heterocycles. The molecule has 9 heteroatoms. The molecule has 0 aliphatic carbocycles. The molecular weight excluding hydrogens is 418 g/mol. The van der Waals surface area contributed by atoms with Gasteiger partial charge in [0.05, 0.1) is 12.6 Å². The molecule has 0 saturated heterocycles. The Balaban J connectivity index is 3.00. The summed E-state index contributed by atoms with van der Waals surface area (Å²) >= 11 is 1.30. The summed E-state index contributed by atoms with van der Waals surface area (Å²) in [4.78, 5) is 41.7. The zero-order chi connectivity index (χ0) is 23.8. The van der Waals surface area contributed by atoms with E-state index in [9.17, 15) is 14.4 Å². The third-order valence-corrected chi connectivity index (χ3v) is 5.00. The summed E-state index contributed by atoms with van der Waals surface area (Å²) in [5.74, 6) is -0.325. The van der Waals surface area contributed by atoms with Gasteiger partial charge in [-0.3, -0.25) is 4.79 Å². The maximum atomic E-state index is 13.1. The first kappa shape index (κ1) is 26.9. The first-order valence-electron chi connectivity index (χ1n) is 10.7. The van der Waals surface area contributed by atoms with Crippen molar-refractivity contribution < 1.29 is 23.9 Å². The molecule has 2 amide bonds. The summed E-state index contributed by atoms with van der Waals surface area (Å²) in [6.45, 7) is 15.4. The van der Waals surface area contributed by atoms with Crippen LogP contribution in [0.1, 0.15) is 89.8 Å². The predicted octanol–water partition coefficient (Wildman–Crippen LogP) is 4.46. The van der Waals surface area contributed by atoms with Crippen molar-refractivity contribution in [3.8, 4) is 0 Å². The van der Waals surface area contributed by atoms with Gasteiger partial charge in [0.2, 0.25) is 5.91 Å². The number of alkyl carbamates (subject to hydrolysis) is 1. The van der Waals surface area contributed by atoms with Gasteiger partial charge < -0.3 is 20.1 Å². The Morgan fingerprint density at radius 3 is 2.19 bits per heavy atom. The molecule has 1 rings (SSSR count). The van der Waals surface area contributed by atoms with Crippen molar-refractivity contribution in [2.24, 2.45) is 11.8 Å². The number of hydrogen-bond acceptors (Lipinski definition) is 7. The largest absolute Gasteiger partial charge is 0.461 e. The second-order valence-electron chi connectivity index (χ2n) is 9.31. The number of nitrogens with one attached hydrogen (secondary N) is 2. The van der Waals surface area contributed by atoms with Gasteiger partial charge in [0, 0.05) is 5.38 Å². The molecule has 8 nitrogen and oxygen atoms in total. The van der Waals surface area contributed by atoms with Crippen molar-refractivity contribution in [2.75, 3.05) is 6.61 Å². The third-order valence-electron chi connectivity index (χ3n) is 4.04. The lowest BCUT2D eigenvalue weighted by Gasteiger charge is -2.26. The highest BCUT2D eigenvalue weighted by atomic mass is 32.1. The normalized spacial score (nSPS) is 13.6. The Bertz CT molecular complexity index is 740. The number of hydrogen-bond donors (Lipinski definition) is 2. The summed E-state index contributed by atoms with van der Waals surface area (Å²) in [7, 11) is 0. The van der Waals surface area contributed by atoms with Gasteiger partial charge in [0.25, 0.3) is 0 Å². The molecule has 1 aromatic heterocycles. The van der Waals surface area contributed by atoms with E-state index >= 15 is 0 Å². The van der Waals surface area contributed by atoms with Crippen LogP contribution in [-0.4, -0.2) is 41.2 Å². The molecule has 2 N–H and O–H groups in total. The lowest BCUT2D eigenvalue weighted by Crippen LogP contribution is -2.49. The minimum Gasteiger partial charge on any atom is -0.461 e. The van der Waals surface area contributed by atoms with Gasteiger partial charge in [-0.25, -0.2) is 14.6 Å². The zero-order valence-electron chi connectivity index (χ0n) is 19.9. The first-order chi connectivity index (χ1) is 14.3. The van der Waals surface area contributed by atoms with Crippen LogP contribution in [0.25, 0.3) is 0 Å². The van der Waals surface area contributed by atoms with Crippen LogP contribution in [0.15, 0.2) is 5.38 Å². The van der Waals surface area contributed by atoms with Crippen molar-refractivity contribution in [3.05, 3.63) is 16.1 Å². The summed E-state index contributed by atoms with van der Waals surface area (Å²) in [6.07, 6.45) is 0.473. The fourth-order valence-electron chi connectivity index (χ4n) is 2.86. The average molecular weight is 456 g/mol. The molecule has 0 spiro atoms. The number of ether oxygens (including phenoxy) is 2. The Morgan fingerprint density at radius 1 is 1.06 bits per heavy atom. The molecule has 31 heavy (non-hydrogen) atoms. The maximum Gasteiger partial charge on any atom is 0.408 e. The van der Waals surface area contributed by atoms with Crippen LogP contribution >= 0.6 is 11.3 Å². The number of carbonyl (C=O) groups excluding carboxylic acids is 3. The van der Waals surface area contributed by atoms with Gasteiger partial charge in [-0.05, 0) is 52.4 Å². The molecule has 0 radical (unpaired) electrons. The lowest BCUT2D eigenvalue weighted by atomic mass is 10.0. The minimum absolute atomic E-state index is 0.185. The van der Waals surface area contributed by atoms with Crippen molar-refractivity contribution in [1.29, 1.82) is 0 Å². The SMILES string of the molecule is CCOC(=O)c1csc([C@H](CC(C)C)NC(=O)[C@H](CC(C)C)NC(=O)OC(C)(C)C)n1. The molecule has 0 unspecified atom stereocenters. The summed E-state index contributed by atoms with van der Waals surface area (Å²) in [5.41, 5.74) is -0.427. The van der Waals surface area contributed by atoms with E-state index in [1.807, 2.05) is 27.7 Å². The molecule has 0 saturated carbocycles. The quantitative estimate of drug-likeness (QED) is 0.504. The highest BCUT2D eigenvalue weighted by molar-refractivity contribution is 7.09. The molecule has 176 valence electrons. The van der Waals surface area contributed by atoms with Crippen LogP contribution in [0.2, 0.25) is 0 Å². The van der Waals surface area contributed by atoms with Gasteiger partial charge >= 0.3 is 12.1 Å². The van der Waals surface area contributed by atoms with Gasteiger partial charge in [-0.1, -0.05) is 27.7 Å². The number of thiazole rings is 1. The fraction of sp³-hybridized carbons (Fsp3) is 0.727. The van der Waals surface area contributed by atoms with E-state index in [0.717, 1.165) is 0 Å². The van der Waals surface area contributed by atoms with Crippen LogP contribution in [0, 0.1) is 11.8 Å². The van der Waals surface area contributed by atoms with Crippen LogP contribution in [0.3, 0.4) is 0 Å². The van der Waals surface area contributed by atoms with Crippen LogP contribution in [0.4, 0.5) is 4.79 Å². The molecule has 1 heterocycles. The van der Waals surface area contributed by atoms with E-state index in [4.69, 9.17) is 9.47 Å². The lowest BCUT2D eigenvalue weighted by molar-refractivity contribution is -0.124. The second-order valence-corrected chi connectivity index (χ2v) is 10.2. The van der Waals surface area contributed by atoms with E-state index in [0.29, 0.717) is 17.8 Å². The van der Waals surface area contributed by atoms with E-state index < -0.39 is 23.7 Å². The van der Waals surface area contributed by atoms with Crippen LogP contribution in [0.5, 0.6) is 0 Å². The number of esters is 1. The molecular formula is C22H37N3O5S. The van der Waals surface area contributed by atoms with Gasteiger partial charge in [0.1, 0.15) is 16.7 Å². The van der Waals surface area contributed by atoms with Gasteiger partial charge in [-0.2, -0.15) is 0 Å². The first-order valence-corrected chi connectivity index (χ1v) is 11.6. The second kappa shape index (κ2) is 12.0. The predicted molar refractivity (Wildman–Crippen MR) is 121 cm³/mol. The fourth-order valence-corrected chi connectivity index (χ4v) is 3.72. The maximum absolute atomic E-state index is 13.1. The molecule has 0 bridgehead atoms. The smallest absolute Gasteiger partial charge is 0.408 e. The van der Waals surface area contributed by atoms with E-state index in [1.54, 1.807) is 33.1 Å².